The Hall–Kier alpha value is -3.52. The highest BCUT2D eigenvalue weighted by molar-refractivity contribution is 5.85. The van der Waals surface area contributed by atoms with E-state index in [1.807, 2.05) is 25.1 Å². The molecule has 0 aromatic heterocycles. The number of ether oxygens (including phenoxy) is 1. The van der Waals surface area contributed by atoms with Crippen LogP contribution in [0.2, 0.25) is 0 Å². The third-order valence-corrected chi connectivity index (χ3v) is 6.03. The lowest BCUT2D eigenvalue weighted by atomic mass is 9.93. The summed E-state index contributed by atoms with van der Waals surface area (Å²) >= 11 is 0. The molecular weight excluding hydrogens is 366 g/mol. The highest BCUT2D eigenvalue weighted by Gasteiger charge is 2.21. The van der Waals surface area contributed by atoms with E-state index in [1.165, 1.54) is 33.4 Å². The Bertz CT molecular complexity index is 1260. The second-order valence-electron chi connectivity index (χ2n) is 8.23. The lowest BCUT2D eigenvalue weighted by molar-refractivity contribution is 0.471. The van der Waals surface area contributed by atoms with Crippen molar-refractivity contribution in [2.24, 2.45) is 0 Å². The summed E-state index contributed by atoms with van der Waals surface area (Å²) < 4.78 is 6.30. The zero-order valence-corrected chi connectivity index (χ0v) is 17.6. The van der Waals surface area contributed by atoms with Crippen LogP contribution in [0.4, 0.5) is 5.69 Å². The second-order valence-corrected chi connectivity index (χ2v) is 8.23. The van der Waals surface area contributed by atoms with E-state index in [0.29, 0.717) is 0 Å². The molecular formula is C28H25NO. The zero-order chi connectivity index (χ0) is 20.8. The van der Waals surface area contributed by atoms with Crippen molar-refractivity contribution < 1.29 is 4.74 Å². The SMILES string of the molecule is Cc1cc(N)ccc1Oc1c(C)cc(-c2cccc3c2Cc2ccccc2-3)cc1C. The molecule has 0 spiro atoms. The van der Waals surface area contributed by atoms with Gasteiger partial charge in [-0.3, -0.25) is 0 Å². The molecule has 2 nitrogen and oxygen atoms in total. The van der Waals surface area contributed by atoms with E-state index in [-0.39, 0.29) is 0 Å². The lowest BCUT2D eigenvalue weighted by Crippen LogP contribution is -1.96. The van der Waals surface area contributed by atoms with Crippen LogP contribution in [0.5, 0.6) is 11.5 Å². The first kappa shape index (κ1) is 18.5. The minimum Gasteiger partial charge on any atom is -0.457 e. The van der Waals surface area contributed by atoms with Crippen molar-refractivity contribution in [3.05, 3.63) is 101 Å². The first-order valence-corrected chi connectivity index (χ1v) is 10.4. The number of anilines is 1. The van der Waals surface area contributed by atoms with E-state index < -0.39 is 0 Å². The second kappa shape index (κ2) is 7.07. The standard InChI is InChI=1S/C28H25NO/c1-17-15-22(29)11-12-27(17)30-28-18(2)13-21(14-19(28)3)24-9-6-10-25-23-8-5-4-7-20(23)16-26(24)25/h4-15H,16,29H2,1-3H3. The number of aryl methyl sites for hydroxylation is 3. The van der Waals surface area contributed by atoms with Crippen molar-refractivity contribution in [1.82, 2.24) is 0 Å². The van der Waals surface area contributed by atoms with E-state index in [1.54, 1.807) is 0 Å². The minimum absolute atomic E-state index is 0.752. The average molecular weight is 392 g/mol. The molecule has 148 valence electrons. The Morgan fingerprint density at radius 2 is 1.40 bits per heavy atom. The molecule has 0 saturated carbocycles. The largest absolute Gasteiger partial charge is 0.457 e. The summed E-state index contributed by atoms with van der Waals surface area (Å²) in [6.07, 6.45) is 0.989. The van der Waals surface area contributed by atoms with Gasteiger partial charge in [-0.2, -0.15) is 0 Å². The topological polar surface area (TPSA) is 35.2 Å². The molecule has 2 heteroatoms. The van der Waals surface area contributed by atoms with Gasteiger partial charge in [-0.25, -0.2) is 0 Å². The average Bonchev–Trinajstić information content (AvgIpc) is 3.11. The quantitative estimate of drug-likeness (QED) is 0.329. The van der Waals surface area contributed by atoms with Crippen LogP contribution in [-0.4, -0.2) is 0 Å². The van der Waals surface area contributed by atoms with Gasteiger partial charge in [0.2, 0.25) is 0 Å². The summed E-state index contributed by atoms with van der Waals surface area (Å²) in [5.41, 5.74) is 18.0. The Morgan fingerprint density at radius 1 is 0.700 bits per heavy atom. The van der Waals surface area contributed by atoms with Gasteiger partial charge in [-0.05, 0) is 108 Å². The van der Waals surface area contributed by atoms with Gasteiger partial charge in [0.1, 0.15) is 11.5 Å². The molecule has 0 amide bonds. The van der Waals surface area contributed by atoms with Crippen LogP contribution in [0.3, 0.4) is 0 Å². The number of nitrogens with two attached hydrogens (primary N) is 1. The predicted molar refractivity (Wildman–Crippen MR) is 125 cm³/mol. The Morgan fingerprint density at radius 3 is 2.17 bits per heavy atom. The van der Waals surface area contributed by atoms with Crippen molar-refractivity contribution in [1.29, 1.82) is 0 Å². The number of hydrogen-bond acceptors (Lipinski definition) is 2. The molecule has 4 aromatic carbocycles. The van der Waals surface area contributed by atoms with Gasteiger partial charge >= 0.3 is 0 Å². The number of rotatable bonds is 3. The molecule has 0 radical (unpaired) electrons. The normalized spacial score (nSPS) is 11.8. The van der Waals surface area contributed by atoms with Crippen LogP contribution in [0.15, 0.2) is 72.8 Å². The number of fused-ring (bicyclic) bond motifs is 3. The van der Waals surface area contributed by atoms with Gasteiger partial charge in [-0.15, -0.1) is 0 Å². The van der Waals surface area contributed by atoms with E-state index in [0.717, 1.165) is 40.3 Å². The van der Waals surface area contributed by atoms with Crippen LogP contribution in [0.1, 0.15) is 27.8 Å². The fraction of sp³-hybridized carbons (Fsp3) is 0.143. The minimum atomic E-state index is 0.752. The molecule has 1 aliphatic rings. The monoisotopic (exact) mass is 391 g/mol. The van der Waals surface area contributed by atoms with Crippen LogP contribution >= 0.6 is 0 Å². The van der Waals surface area contributed by atoms with Gasteiger partial charge in [0.15, 0.2) is 0 Å². The van der Waals surface area contributed by atoms with Gasteiger partial charge < -0.3 is 10.5 Å². The van der Waals surface area contributed by atoms with Crippen LogP contribution in [-0.2, 0) is 6.42 Å². The summed E-state index contributed by atoms with van der Waals surface area (Å²) in [6, 6.07) is 25.6. The van der Waals surface area contributed by atoms with E-state index in [4.69, 9.17) is 10.5 Å². The van der Waals surface area contributed by atoms with Crippen LogP contribution in [0.25, 0.3) is 22.3 Å². The Balaban J connectivity index is 1.55. The summed E-state index contributed by atoms with van der Waals surface area (Å²) in [5.74, 6) is 1.77. The maximum absolute atomic E-state index is 6.30. The third kappa shape index (κ3) is 3.05. The predicted octanol–water partition coefficient (Wildman–Crippen LogP) is 7.22. The molecule has 0 heterocycles. The lowest BCUT2D eigenvalue weighted by Gasteiger charge is -2.17. The molecule has 1 aliphatic carbocycles. The Labute approximate surface area is 178 Å². The van der Waals surface area contributed by atoms with Crippen molar-refractivity contribution in [3.63, 3.8) is 0 Å². The highest BCUT2D eigenvalue weighted by atomic mass is 16.5. The summed E-state index contributed by atoms with van der Waals surface area (Å²) in [6.45, 7) is 6.27. The molecule has 5 rings (SSSR count). The van der Waals surface area contributed by atoms with E-state index >= 15 is 0 Å². The maximum atomic E-state index is 6.30. The number of nitrogen functional groups attached to an aromatic ring is 1. The third-order valence-electron chi connectivity index (χ3n) is 6.03. The summed E-state index contributed by atoms with van der Waals surface area (Å²) in [4.78, 5) is 0. The van der Waals surface area contributed by atoms with Crippen LogP contribution in [0, 0.1) is 20.8 Å². The van der Waals surface area contributed by atoms with E-state index in [2.05, 4.69) is 68.4 Å². The summed E-state index contributed by atoms with van der Waals surface area (Å²) in [7, 11) is 0. The molecule has 0 atom stereocenters. The Kier molecular flexibility index (Phi) is 4.36. The van der Waals surface area contributed by atoms with Crippen LogP contribution < -0.4 is 10.5 Å². The number of hydrogen-bond donors (Lipinski definition) is 1. The highest BCUT2D eigenvalue weighted by Crippen LogP contribution is 2.43. The first-order valence-electron chi connectivity index (χ1n) is 10.4. The number of benzene rings is 4. The van der Waals surface area contributed by atoms with Gasteiger partial charge in [-0.1, -0.05) is 42.5 Å². The zero-order valence-electron chi connectivity index (χ0n) is 17.6. The van der Waals surface area contributed by atoms with Gasteiger partial charge in [0.25, 0.3) is 0 Å². The summed E-state index contributed by atoms with van der Waals surface area (Å²) in [5, 5.41) is 0. The van der Waals surface area contributed by atoms with E-state index in [9.17, 15) is 0 Å². The molecule has 0 fully saturated rings. The van der Waals surface area contributed by atoms with Gasteiger partial charge in [0.05, 0.1) is 0 Å². The van der Waals surface area contributed by atoms with Crippen molar-refractivity contribution in [2.75, 3.05) is 5.73 Å². The van der Waals surface area contributed by atoms with Crippen molar-refractivity contribution in [2.45, 2.75) is 27.2 Å². The van der Waals surface area contributed by atoms with Crippen molar-refractivity contribution in [3.8, 4) is 33.8 Å². The molecule has 4 aromatic rings. The molecule has 0 bridgehead atoms. The molecule has 2 N–H and O–H groups in total. The van der Waals surface area contributed by atoms with Crippen molar-refractivity contribution >= 4 is 5.69 Å². The molecule has 30 heavy (non-hydrogen) atoms. The molecule has 0 saturated heterocycles. The molecule has 0 aliphatic heterocycles. The molecule has 0 unspecified atom stereocenters. The smallest absolute Gasteiger partial charge is 0.133 e. The maximum Gasteiger partial charge on any atom is 0.133 e. The van der Waals surface area contributed by atoms with Gasteiger partial charge in [0, 0.05) is 5.69 Å². The fourth-order valence-corrected chi connectivity index (χ4v) is 4.59. The fourth-order valence-electron chi connectivity index (χ4n) is 4.59. The first-order chi connectivity index (χ1) is 14.5.